The highest BCUT2D eigenvalue weighted by Gasteiger charge is 2.15. The minimum Gasteiger partial charge on any atom is -0.490 e. The maximum absolute atomic E-state index is 10.9. The van der Waals surface area contributed by atoms with Crippen LogP contribution in [-0.4, -0.2) is 18.1 Å². The molecule has 0 spiro atoms. The van der Waals surface area contributed by atoms with E-state index in [1.165, 1.54) is 6.07 Å². The third-order valence-electron chi connectivity index (χ3n) is 3.58. The number of nitrogens with zero attached hydrogens (tertiary/aromatic N) is 1. The van der Waals surface area contributed by atoms with Crippen LogP contribution in [-0.2, 0) is 0 Å². The smallest absolute Gasteiger partial charge is 0.269 e. The van der Waals surface area contributed by atoms with Gasteiger partial charge in [-0.3, -0.25) is 10.1 Å². The average Bonchev–Trinajstić information content (AvgIpc) is 2.79. The van der Waals surface area contributed by atoms with Crippen molar-refractivity contribution in [1.82, 2.24) is 0 Å². The first-order chi connectivity index (χ1) is 11.1. The van der Waals surface area contributed by atoms with Crippen molar-refractivity contribution in [2.75, 3.05) is 13.2 Å². The lowest BCUT2D eigenvalue weighted by molar-refractivity contribution is -0.384. The molecule has 1 aliphatic rings. The number of rotatable bonds is 4. The largest absolute Gasteiger partial charge is 0.490 e. The molecule has 2 aromatic carbocycles. The molecule has 0 radical (unpaired) electrons. The summed E-state index contributed by atoms with van der Waals surface area (Å²) in [5.41, 5.74) is 1.05. The van der Waals surface area contributed by atoms with E-state index >= 15 is 0 Å². The topological polar surface area (TPSA) is 61.6 Å². The minimum absolute atomic E-state index is 0.0969. The second kappa shape index (κ2) is 6.91. The Hall–Kier alpha value is -2.21. The second-order valence-electron chi connectivity index (χ2n) is 5.27. The molecule has 1 aliphatic heterocycles. The number of fused-ring (bicyclic) bond motifs is 1. The first-order valence-corrected chi connectivity index (χ1v) is 8.32. The minimum atomic E-state index is -0.367. The molecule has 0 unspecified atom stereocenters. The fourth-order valence-electron chi connectivity index (χ4n) is 2.38. The van der Waals surface area contributed by atoms with Gasteiger partial charge in [-0.05, 0) is 30.7 Å². The summed E-state index contributed by atoms with van der Waals surface area (Å²) in [5, 5.41) is 11.0. The zero-order valence-corrected chi connectivity index (χ0v) is 13.5. The Labute approximate surface area is 138 Å². The van der Waals surface area contributed by atoms with Crippen LogP contribution in [0.15, 0.2) is 47.4 Å². The van der Waals surface area contributed by atoms with Crippen LogP contribution in [0.2, 0.25) is 0 Å². The van der Waals surface area contributed by atoms with E-state index < -0.39 is 0 Å². The van der Waals surface area contributed by atoms with Crippen molar-refractivity contribution >= 4 is 17.4 Å². The van der Waals surface area contributed by atoms with Crippen LogP contribution >= 0.6 is 11.8 Å². The first-order valence-electron chi connectivity index (χ1n) is 7.44. The number of nitro benzene ring substituents is 1. The lowest BCUT2D eigenvalue weighted by Gasteiger charge is -2.13. The maximum Gasteiger partial charge on any atom is 0.269 e. The predicted molar refractivity (Wildman–Crippen MR) is 89.4 cm³/mol. The molecule has 0 N–H and O–H groups in total. The van der Waals surface area contributed by atoms with Crippen molar-refractivity contribution in [1.29, 1.82) is 0 Å². The van der Waals surface area contributed by atoms with Crippen LogP contribution in [0.4, 0.5) is 5.69 Å². The molecule has 1 atom stereocenters. The molecular formula is C17H17NO4S. The summed E-state index contributed by atoms with van der Waals surface area (Å²) in [6.45, 7) is 3.36. The van der Waals surface area contributed by atoms with Crippen LogP contribution in [0.25, 0.3) is 0 Å². The van der Waals surface area contributed by atoms with E-state index in [1.807, 2.05) is 31.2 Å². The van der Waals surface area contributed by atoms with Crippen molar-refractivity contribution in [2.45, 2.75) is 23.5 Å². The Kier molecular flexibility index (Phi) is 4.71. The molecule has 0 amide bonds. The molecule has 3 rings (SSSR count). The quantitative estimate of drug-likeness (QED) is 0.465. The molecule has 0 saturated carbocycles. The van der Waals surface area contributed by atoms with Gasteiger partial charge in [-0.15, -0.1) is 11.8 Å². The number of non-ortho nitro benzene ring substituents is 1. The van der Waals surface area contributed by atoms with E-state index in [9.17, 15) is 10.1 Å². The molecule has 2 aromatic rings. The fourth-order valence-corrected chi connectivity index (χ4v) is 3.39. The van der Waals surface area contributed by atoms with Gasteiger partial charge >= 0.3 is 0 Å². The fraction of sp³-hybridized carbons (Fsp3) is 0.294. The number of thioether (sulfide) groups is 1. The molecule has 6 heteroatoms. The summed E-state index contributed by atoms with van der Waals surface area (Å²) in [6.07, 6.45) is 0.876. The molecule has 1 heterocycles. The highest BCUT2D eigenvalue weighted by molar-refractivity contribution is 7.99. The molecule has 120 valence electrons. The summed E-state index contributed by atoms with van der Waals surface area (Å²) in [7, 11) is 0. The monoisotopic (exact) mass is 331 g/mol. The lowest BCUT2D eigenvalue weighted by Crippen LogP contribution is -1.97. The third-order valence-corrected chi connectivity index (χ3v) is 4.73. The highest BCUT2D eigenvalue weighted by Crippen LogP contribution is 2.40. The Bertz CT molecular complexity index is 719. The molecular weight excluding hydrogens is 314 g/mol. The second-order valence-corrected chi connectivity index (χ2v) is 6.69. The zero-order valence-electron chi connectivity index (χ0n) is 12.7. The lowest BCUT2D eigenvalue weighted by atomic mass is 10.1. The highest BCUT2D eigenvalue weighted by atomic mass is 32.2. The number of ether oxygens (including phenoxy) is 2. The van der Waals surface area contributed by atoms with Gasteiger partial charge in [-0.2, -0.15) is 0 Å². The normalized spacial score (nSPS) is 14.8. The SMILES string of the molecule is C[C@H](Sc1ccc2c(c1)OCCCO2)c1cccc([N+](=O)[O-])c1. The summed E-state index contributed by atoms with van der Waals surface area (Å²) in [4.78, 5) is 11.6. The van der Waals surface area contributed by atoms with Crippen molar-refractivity contribution in [3.05, 3.63) is 58.1 Å². The number of hydrogen-bond donors (Lipinski definition) is 0. The van der Waals surface area contributed by atoms with Gasteiger partial charge in [0.2, 0.25) is 0 Å². The van der Waals surface area contributed by atoms with Gasteiger partial charge in [0, 0.05) is 28.7 Å². The molecule has 0 fully saturated rings. The van der Waals surface area contributed by atoms with Gasteiger partial charge in [0.25, 0.3) is 5.69 Å². The van der Waals surface area contributed by atoms with Crippen molar-refractivity contribution in [3.63, 3.8) is 0 Å². The number of nitro groups is 1. The standard InChI is InChI=1S/C17H17NO4S/c1-12(13-4-2-5-14(10-13)18(19)20)23-15-6-7-16-17(11-15)22-9-3-8-21-16/h2,4-7,10-12H,3,8-9H2,1H3/t12-/m0/s1. The van der Waals surface area contributed by atoms with Gasteiger partial charge in [-0.25, -0.2) is 0 Å². The zero-order chi connectivity index (χ0) is 16.2. The van der Waals surface area contributed by atoms with Crippen LogP contribution < -0.4 is 9.47 Å². The van der Waals surface area contributed by atoms with E-state index in [4.69, 9.17) is 9.47 Å². The van der Waals surface area contributed by atoms with E-state index in [1.54, 1.807) is 23.9 Å². The number of benzene rings is 2. The van der Waals surface area contributed by atoms with Gasteiger partial charge in [-0.1, -0.05) is 12.1 Å². The van der Waals surface area contributed by atoms with Crippen LogP contribution in [0.1, 0.15) is 24.2 Å². The van der Waals surface area contributed by atoms with Gasteiger partial charge < -0.3 is 9.47 Å². The number of hydrogen-bond acceptors (Lipinski definition) is 5. The van der Waals surface area contributed by atoms with Gasteiger partial charge in [0.15, 0.2) is 11.5 Å². The van der Waals surface area contributed by atoms with E-state index in [2.05, 4.69) is 0 Å². The summed E-state index contributed by atoms with van der Waals surface area (Å²) in [5.74, 6) is 1.54. The van der Waals surface area contributed by atoms with E-state index in [-0.39, 0.29) is 15.9 Å². The van der Waals surface area contributed by atoms with Crippen LogP contribution in [0, 0.1) is 10.1 Å². The molecule has 0 saturated heterocycles. The Balaban J connectivity index is 1.77. The van der Waals surface area contributed by atoms with Crippen molar-refractivity contribution in [3.8, 4) is 11.5 Å². The van der Waals surface area contributed by atoms with Gasteiger partial charge in [0.1, 0.15) is 0 Å². The van der Waals surface area contributed by atoms with E-state index in [0.717, 1.165) is 28.4 Å². The summed E-state index contributed by atoms with van der Waals surface area (Å²) >= 11 is 1.64. The third kappa shape index (κ3) is 3.76. The molecule has 0 bridgehead atoms. The Morgan fingerprint density at radius 1 is 1.13 bits per heavy atom. The van der Waals surface area contributed by atoms with Crippen LogP contribution in [0.3, 0.4) is 0 Å². The molecule has 5 nitrogen and oxygen atoms in total. The predicted octanol–water partition coefficient (Wildman–Crippen LogP) is 4.61. The van der Waals surface area contributed by atoms with Crippen molar-refractivity contribution in [2.24, 2.45) is 0 Å². The molecule has 0 aliphatic carbocycles. The van der Waals surface area contributed by atoms with Crippen LogP contribution in [0.5, 0.6) is 11.5 Å². The molecule has 23 heavy (non-hydrogen) atoms. The Morgan fingerprint density at radius 2 is 1.91 bits per heavy atom. The summed E-state index contributed by atoms with van der Waals surface area (Å²) < 4.78 is 11.3. The van der Waals surface area contributed by atoms with E-state index in [0.29, 0.717) is 13.2 Å². The average molecular weight is 331 g/mol. The summed E-state index contributed by atoms with van der Waals surface area (Å²) in [6, 6.07) is 12.6. The maximum atomic E-state index is 10.9. The first kappa shape index (κ1) is 15.7. The Morgan fingerprint density at radius 3 is 2.70 bits per heavy atom. The molecule has 0 aromatic heterocycles. The van der Waals surface area contributed by atoms with Crippen molar-refractivity contribution < 1.29 is 14.4 Å². The van der Waals surface area contributed by atoms with Gasteiger partial charge in [0.05, 0.1) is 18.1 Å².